The number of piperidine rings is 1. The molecule has 5 rings (SSSR count). The molecule has 28 heavy (non-hydrogen) atoms. The van der Waals surface area contributed by atoms with Gasteiger partial charge in [-0.3, -0.25) is 9.80 Å². The van der Waals surface area contributed by atoms with Crippen LogP contribution >= 0.6 is 0 Å². The van der Waals surface area contributed by atoms with E-state index in [0.717, 1.165) is 50.8 Å². The Bertz CT molecular complexity index is 813. The number of nitrogens with zero attached hydrogens (tertiary/aromatic N) is 3. The lowest BCUT2D eigenvalue weighted by molar-refractivity contribution is 0.0637. The van der Waals surface area contributed by atoms with Crippen LogP contribution in [0, 0.1) is 13.8 Å². The van der Waals surface area contributed by atoms with Gasteiger partial charge in [0.05, 0.1) is 12.3 Å². The number of hydrogen-bond donors (Lipinski definition) is 0. The predicted molar refractivity (Wildman–Crippen MR) is 108 cm³/mol. The Morgan fingerprint density at radius 3 is 2.71 bits per heavy atom. The number of fused-ring (bicyclic) bond motifs is 2. The monoisotopic (exact) mass is 381 g/mol. The molecule has 0 aliphatic carbocycles. The first-order chi connectivity index (χ1) is 13.6. The number of rotatable bonds is 3. The Hall–Kier alpha value is -1.69. The van der Waals surface area contributed by atoms with Gasteiger partial charge in [0.2, 0.25) is 0 Å². The smallest absolute Gasteiger partial charge is 0.138 e. The van der Waals surface area contributed by atoms with E-state index in [9.17, 15) is 0 Å². The highest BCUT2D eigenvalue weighted by Gasteiger charge is 2.43. The fourth-order valence-corrected chi connectivity index (χ4v) is 5.51. The number of aromatic nitrogens is 1. The van der Waals surface area contributed by atoms with E-state index in [1.165, 1.54) is 36.9 Å². The molecule has 0 saturated carbocycles. The molecule has 0 N–H and O–H groups in total. The van der Waals surface area contributed by atoms with Gasteiger partial charge in [-0.2, -0.15) is 0 Å². The van der Waals surface area contributed by atoms with Gasteiger partial charge in [-0.1, -0.05) is 29.4 Å². The molecule has 2 saturated heterocycles. The fourth-order valence-electron chi connectivity index (χ4n) is 5.51. The van der Waals surface area contributed by atoms with Crippen molar-refractivity contribution in [2.24, 2.45) is 0 Å². The van der Waals surface area contributed by atoms with Crippen LogP contribution in [0.2, 0.25) is 0 Å². The van der Waals surface area contributed by atoms with Crippen LogP contribution in [0.15, 0.2) is 28.8 Å². The van der Waals surface area contributed by atoms with E-state index in [1.54, 1.807) is 5.56 Å². The third-order valence-corrected chi connectivity index (χ3v) is 7.27. The van der Waals surface area contributed by atoms with Gasteiger partial charge in [0, 0.05) is 43.3 Å². The summed E-state index contributed by atoms with van der Waals surface area (Å²) in [6, 6.07) is 9.75. The summed E-state index contributed by atoms with van der Waals surface area (Å²) in [4.78, 5) is 5.29. The van der Waals surface area contributed by atoms with Crippen LogP contribution in [-0.4, -0.2) is 53.8 Å². The Kier molecular flexibility index (Phi) is 4.77. The first-order valence-electron chi connectivity index (χ1n) is 10.7. The number of benzene rings is 1. The molecule has 2 fully saturated rings. The first kappa shape index (κ1) is 18.3. The lowest BCUT2D eigenvalue weighted by Crippen LogP contribution is -2.54. The average Bonchev–Trinajstić information content (AvgIpc) is 3.36. The van der Waals surface area contributed by atoms with Crippen LogP contribution in [0.3, 0.4) is 0 Å². The zero-order valence-corrected chi connectivity index (χ0v) is 17.1. The Balaban J connectivity index is 1.35. The second-order valence-corrected chi connectivity index (χ2v) is 8.94. The van der Waals surface area contributed by atoms with E-state index in [4.69, 9.17) is 9.26 Å². The minimum absolute atomic E-state index is 0.284. The van der Waals surface area contributed by atoms with E-state index >= 15 is 0 Å². The molecule has 5 heteroatoms. The second kappa shape index (κ2) is 7.29. The number of hydrogen-bond acceptors (Lipinski definition) is 5. The minimum Gasteiger partial charge on any atom is -0.380 e. The van der Waals surface area contributed by atoms with Crippen molar-refractivity contribution in [2.75, 3.05) is 32.8 Å². The maximum Gasteiger partial charge on any atom is 0.138 e. The lowest BCUT2D eigenvalue weighted by Gasteiger charge is -2.50. The number of likely N-dealkylation sites (tertiary alicyclic amines) is 1. The van der Waals surface area contributed by atoms with Crippen LogP contribution < -0.4 is 0 Å². The molecule has 0 radical (unpaired) electrons. The van der Waals surface area contributed by atoms with Crippen LogP contribution in [0.25, 0.3) is 0 Å². The van der Waals surface area contributed by atoms with E-state index in [2.05, 4.69) is 46.1 Å². The summed E-state index contributed by atoms with van der Waals surface area (Å²) in [5.74, 6) is 0.966. The van der Waals surface area contributed by atoms with Gasteiger partial charge >= 0.3 is 0 Å². The molecule has 1 aromatic heterocycles. The highest BCUT2D eigenvalue weighted by atomic mass is 16.5. The Labute approximate surface area is 167 Å². The van der Waals surface area contributed by atoms with Gasteiger partial charge in [0.25, 0.3) is 0 Å². The molecule has 3 aliphatic rings. The topological polar surface area (TPSA) is 41.7 Å². The fraction of sp³-hybridized carbons (Fsp3) is 0.609. The SMILES string of the molecule is Cc1noc(C)c1CN1CCC2(CC1)CN([C@@H]1CCOC1)Cc1ccccc12. The van der Waals surface area contributed by atoms with Crippen molar-refractivity contribution in [3.63, 3.8) is 0 Å². The molecule has 0 bridgehead atoms. The summed E-state index contributed by atoms with van der Waals surface area (Å²) >= 11 is 0. The summed E-state index contributed by atoms with van der Waals surface area (Å²) in [7, 11) is 0. The van der Waals surface area contributed by atoms with Crippen molar-refractivity contribution in [1.29, 1.82) is 0 Å². The number of ether oxygens (including phenoxy) is 1. The minimum atomic E-state index is 0.284. The maximum absolute atomic E-state index is 5.71. The normalized spacial score (nSPS) is 25.3. The quantitative estimate of drug-likeness (QED) is 0.815. The molecule has 150 valence electrons. The molecular weight excluding hydrogens is 350 g/mol. The largest absolute Gasteiger partial charge is 0.380 e. The molecule has 2 aromatic rings. The predicted octanol–water partition coefficient (Wildman–Crippen LogP) is 3.43. The van der Waals surface area contributed by atoms with Gasteiger partial charge in [-0.05, 0) is 57.3 Å². The Morgan fingerprint density at radius 1 is 1.18 bits per heavy atom. The van der Waals surface area contributed by atoms with Crippen molar-refractivity contribution in [3.8, 4) is 0 Å². The highest BCUT2D eigenvalue weighted by molar-refractivity contribution is 5.38. The van der Waals surface area contributed by atoms with Crippen molar-refractivity contribution in [3.05, 3.63) is 52.4 Å². The van der Waals surface area contributed by atoms with Crippen molar-refractivity contribution in [2.45, 2.75) is 57.7 Å². The third-order valence-electron chi connectivity index (χ3n) is 7.27. The molecule has 5 nitrogen and oxygen atoms in total. The van der Waals surface area contributed by atoms with Gasteiger partial charge in [-0.15, -0.1) is 0 Å². The standard InChI is InChI=1S/C23H31N3O2/c1-17-21(18(2)28-24-17)14-25-10-8-23(9-11-25)16-26(20-7-12-27-15-20)13-19-5-3-4-6-22(19)23/h3-6,20H,7-16H2,1-2H3/t20-/m1/s1. The zero-order valence-electron chi connectivity index (χ0n) is 17.1. The molecule has 4 heterocycles. The van der Waals surface area contributed by atoms with Crippen LogP contribution in [0.5, 0.6) is 0 Å². The van der Waals surface area contributed by atoms with Gasteiger partial charge in [0.1, 0.15) is 5.76 Å². The van der Waals surface area contributed by atoms with Gasteiger partial charge in [-0.25, -0.2) is 0 Å². The van der Waals surface area contributed by atoms with Crippen LogP contribution in [-0.2, 0) is 23.2 Å². The van der Waals surface area contributed by atoms with E-state index in [1.807, 2.05) is 6.92 Å². The molecular formula is C23H31N3O2. The third kappa shape index (κ3) is 3.19. The van der Waals surface area contributed by atoms with E-state index in [-0.39, 0.29) is 5.41 Å². The second-order valence-electron chi connectivity index (χ2n) is 8.94. The van der Waals surface area contributed by atoms with E-state index in [0.29, 0.717) is 6.04 Å². The summed E-state index contributed by atoms with van der Waals surface area (Å²) in [5.41, 5.74) is 5.71. The number of aryl methyl sites for hydroxylation is 2. The summed E-state index contributed by atoms with van der Waals surface area (Å²) in [6.07, 6.45) is 3.62. The molecule has 1 aromatic carbocycles. The summed E-state index contributed by atoms with van der Waals surface area (Å²) in [5, 5.41) is 4.13. The van der Waals surface area contributed by atoms with Crippen LogP contribution in [0.1, 0.15) is 47.4 Å². The van der Waals surface area contributed by atoms with E-state index < -0.39 is 0 Å². The zero-order chi connectivity index (χ0) is 19.1. The molecule has 1 atom stereocenters. The molecule has 3 aliphatic heterocycles. The molecule has 0 amide bonds. The molecule has 0 unspecified atom stereocenters. The first-order valence-corrected chi connectivity index (χ1v) is 10.7. The van der Waals surface area contributed by atoms with Gasteiger partial charge < -0.3 is 9.26 Å². The van der Waals surface area contributed by atoms with Crippen molar-refractivity contribution >= 4 is 0 Å². The maximum atomic E-state index is 5.71. The highest BCUT2D eigenvalue weighted by Crippen LogP contribution is 2.43. The lowest BCUT2D eigenvalue weighted by atomic mass is 9.68. The van der Waals surface area contributed by atoms with Crippen molar-refractivity contribution < 1.29 is 9.26 Å². The Morgan fingerprint density at radius 2 is 2.00 bits per heavy atom. The average molecular weight is 382 g/mol. The summed E-state index contributed by atoms with van der Waals surface area (Å²) < 4.78 is 11.1. The summed E-state index contributed by atoms with van der Waals surface area (Å²) in [6.45, 7) is 11.4. The van der Waals surface area contributed by atoms with Gasteiger partial charge in [0.15, 0.2) is 0 Å². The van der Waals surface area contributed by atoms with Crippen LogP contribution in [0.4, 0.5) is 0 Å². The molecule has 1 spiro atoms. The van der Waals surface area contributed by atoms with Crippen molar-refractivity contribution in [1.82, 2.24) is 15.0 Å².